The number of rotatable bonds is 3. The Morgan fingerprint density at radius 3 is 2.21 bits per heavy atom. The summed E-state index contributed by atoms with van der Waals surface area (Å²) in [6.45, 7) is 13.8. The van der Waals surface area contributed by atoms with Crippen LogP contribution in [0.15, 0.2) is 36.4 Å². The Hall–Kier alpha value is -2.35. The molecule has 2 aromatic carbocycles. The molecule has 0 saturated carbocycles. The lowest BCUT2D eigenvalue weighted by Crippen LogP contribution is -2.34. The maximum Gasteiger partial charge on any atom is 0.337 e. The summed E-state index contributed by atoms with van der Waals surface area (Å²) >= 11 is 0. The van der Waals surface area contributed by atoms with Gasteiger partial charge < -0.3 is 4.74 Å². The SMILES string of the molecule is COC(=O)c1cccc(C=C(C)c2cc3c(cc2C)C(C)(C)CCC3(C)C)c1. The molecule has 1 aliphatic carbocycles. The lowest BCUT2D eigenvalue weighted by molar-refractivity contribution is 0.0600. The molecule has 148 valence electrons. The third-order valence-corrected chi connectivity index (χ3v) is 6.31. The van der Waals surface area contributed by atoms with Crippen molar-refractivity contribution in [3.63, 3.8) is 0 Å². The molecule has 0 aromatic heterocycles. The van der Waals surface area contributed by atoms with Gasteiger partial charge in [0, 0.05) is 0 Å². The zero-order chi connectivity index (χ0) is 20.7. The Balaban J connectivity index is 2.07. The van der Waals surface area contributed by atoms with Crippen LogP contribution in [-0.2, 0) is 15.6 Å². The van der Waals surface area contributed by atoms with Crippen molar-refractivity contribution in [2.75, 3.05) is 7.11 Å². The first kappa shape index (κ1) is 20.4. The first-order valence-electron chi connectivity index (χ1n) is 10.1. The second-order valence-corrected chi connectivity index (χ2v) is 9.42. The Morgan fingerprint density at radius 1 is 1.00 bits per heavy atom. The molecule has 0 aliphatic heterocycles. The monoisotopic (exact) mass is 376 g/mol. The van der Waals surface area contributed by atoms with Crippen LogP contribution < -0.4 is 0 Å². The van der Waals surface area contributed by atoms with Crippen molar-refractivity contribution in [2.24, 2.45) is 0 Å². The topological polar surface area (TPSA) is 26.3 Å². The van der Waals surface area contributed by atoms with E-state index in [1.54, 1.807) is 6.07 Å². The number of hydrogen-bond acceptors (Lipinski definition) is 2. The van der Waals surface area contributed by atoms with Crippen molar-refractivity contribution in [1.82, 2.24) is 0 Å². The summed E-state index contributed by atoms with van der Waals surface area (Å²) in [7, 11) is 1.41. The van der Waals surface area contributed by atoms with Crippen molar-refractivity contribution in [1.29, 1.82) is 0 Å². The van der Waals surface area contributed by atoms with Gasteiger partial charge in [-0.15, -0.1) is 0 Å². The van der Waals surface area contributed by atoms with Gasteiger partial charge in [0.15, 0.2) is 0 Å². The van der Waals surface area contributed by atoms with E-state index in [2.05, 4.69) is 59.8 Å². The normalized spacial score (nSPS) is 17.8. The molecule has 0 heterocycles. The van der Waals surface area contributed by atoms with Crippen LogP contribution >= 0.6 is 0 Å². The minimum absolute atomic E-state index is 0.193. The Bertz CT molecular complexity index is 945. The van der Waals surface area contributed by atoms with Gasteiger partial charge in [-0.25, -0.2) is 4.79 Å². The number of ether oxygens (including phenoxy) is 1. The second-order valence-electron chi connectivity index (χ2n) is 9.42. The summed E-state index contributed by atoms with van der Waals surface area (Å²) in [6.07, 6.45) is 4.59. The van der Waals surface area contributed by atoms with Gasteiger partial charge in [0.05, 0.1) is 12.7 Å². The van der Waals surface area contributed by atoms with Gasteiger partial charge in [0.25, 0.3) is 0 Å². The lowest BCUT2D eigenvalue weighted by atomic mass is 9.62. The molecule has 2 nitrogen and oxygen atoms in total. The number of fused-ring (bicyclic) bond motifs is 1. The molecule has 0 saturated heterocycles. The number of carbonyl (C=O) groups is 1. The van der Waals surface area contributed by atoms with Crippen LogP contribution in [0.25, 0.3) is 11.6 Å². The van der Waals surface area contributed by atoms with Crippen LogP contribution in [0.3, 0.4) is 0 Å². The summed E-state index contributed by atoms with van der Waals surface area (Å²) in [5.74, 6) is -0.304. The number of benzene rings is 2. The quantitative estimate of drug-likeness (QED) is 0.440. The average Bonchev–Trinajstić information content (AvgIpc) is 2.64. The standard InChI is InChI=1S/C26H32O2/c1-17(13-19-9-8-10-20(15-19)24(27)28-7)21-16-23-22(14-18(21)2)25(3,4)11-12-26(23,5)6/h8-10,13-16H,11-12H2,1-7H3. The highest BCUT2D eigenvalue weighted by Gasteiger charge is 2.37. The Kier molecular flexibility index (Phi) is 5.27. The number of aryl methyl sites for hydroxylation is 1. The zero-order valence-corrected chi connectivity index (χ0v) is 18.3. The van der Waals surface area contributed by atoms with E-state index in [1.165, 1.54) is 47.8 Å². The molecule has 0 radical (unpaired) electrons. The molecule has 2 heteroatoms. The van der Waals surface area contributed by atoms with E-state index in [4.69, 9.17) is 4.74 Å². The maximum atomic E-state index is 11.8. The molecule has 0 spiro atoms. The molecular formula is C26H32O2. The first-order valence-corrected chi connectivity index (χ1v) is 10.1. The smallest absolute Gasteiger partial charge is 0.337 e. The fourth-order valence-corrected chi connectivity index (χ4v) is 4.35. The van der Waals surface area contributed by atoms with Crippen molar-refractivity contribution in [2.45, 2.75) is 65.2 Å². The van der Waals surface area contributed by atoms with E-state index >= 15 is 0 Å². The van der Waals surface area contributed by atoms with Crippen LogP contribution in [0, 0.1) is 6.92 Å². The summed E-state index contributed by atoms with van der Waals surface area (Å²) in [5.41, 5.74) is 8.77. The zero-order valence-electron chi connectivity index (χ0n) is 18.3. The van der Waals surface area contributed by atoms with Crippen molar-refractivity contribution in [3.05, 3.63) is 69.8 Å². The van der Waals surface area contributed by atoms with Gasteiger partial charge >= 0.3 is 5.97 Å². The third-order valence-electron chi connectivity index (χ3n) is 6.31. The Labute approximate surface area is 169 Å². The summed E-state index contributed by atoms with van der Waals surface area (Å²) in [5, 5.41) is 0. The molecule has 2 aromatic rings. The number of esters is 1. The average molecular weight is 377 g/mol. The Morgan fingerprint density at radius 2 is 1.61 bits per heavy atom. The molecule has 0 atom stereocenters. The van der Waals surface area contributed by atoms with Gasteiger partial charge in [-0.05, 0) is 83.0 Å². The van der Waals surface area contributed by atoms with Crippen molar-refractivity contribution in [3.8, 4) is 0 Å². The molecule has 0 fully saturated rings. The number of methoxy groups -OCH3 is 1. The van der Waals surface area contributed by atoms with E-state index < -0.39 is 0 Å². The summed E-state index contributed by atoms with van der Waals surface area (Å²) < 4.78 is 4.84. The van der Waals surface area contributed by atoms with Gasteiger partial charge in [-0.3, -0.25) is 0 Å². The molecule has 28 heavy (non-hydrogen) atoms. The van der Waals surface area contributed by atoms with Gasteiger partial charge in [0.2, 0.25) is 0 Å². The predicted molar refractivity (Wildman–Crippen MR) is 118 cm³/mol. The molecule has 0 unspecified atom stereocenters. The summed E-state index contributed by atoms with van der Waals surface area (Å²) in [6, 6.07) is 12.4. The van der Waals surface area contributed by atoms with Gasteiger partial charge in [-0.2, -0.15) is 0 Å². The van der Waals surface area contributed by atoms with E-state index in [1.807, 2.05) is 18.2 Å². The molecule has 0 N–H and O–H groups in total. The minimum atomic E-state index is -0.304. The maximum absolute atomic E-state index is 11.8. The third kappa shape index (κ3) is 3.78. The van der Waals surface area contributed by atoms with Crippen molar-refractivity contribution < 1.29 is 9.53 Å². The van der Waals surface area contributed by atoms with E-state index in [-0.39, 0.29) is 16.8 Å². The van der Waals surface area contributed by atoms with E-state index in [9.17, 15) is 4.79 Å². The molecule has 0 amide bonds. The van der Waals surface area contributed by atoms with Gasteiger partial charge in [0.1, 0.15) is 0 Å². The van der Waals surface area contributed by atoms with Crippen LogP contribution in [0.1, 0.15) is 85.6 Å². The molecule has 0 bridgehead atoms. The highest BCUT2D eigenvalue weighted by atomic mass is 16.5. The predicted octanol–water partition coefficient (Wildman–Crippen LogP) is 6.69. The van der Waals surface area contributed by atoms with Crippen molar-refractivity contribution >= 4 is 17.6 Å². The van der Waals surface area contributed by atoms with Crippen LogP contribution in [-0.4, -0.2) is 13.1 Å². The fraction of sp³-hybridized carbons (Fsp3) is 0.423. The highest BCUT2D eigenvalue weighted by molar-refractivity contribution is 5.91. The van der Waals surface area contributed by atoms with E-state index in [0.717, 1.165) is 5.56 Å². The second kappa shape index (κ2) is 7.24. The van der Waals surface area contributed by atoms with Crippen LogP contribution in [0.2, 0.25) is 0 Å². The molecule has 1 aliphatic rings. The fourth-order valence-electron chi connectivity index (χ4n) is 4.35. The van der Waals surface area contributed by atoms with Crippen LogP contribution in [0.4, 0.5) is 0 Å². The molecular weight excluding hydrogens is 344 g/mol. The highest BCUT2D eigenvalue weighted by Crippen LogP contribution is 2.47. The van der Waals surface area contributed by atoms with E-state index in [0.29, 0.717) is 5.56 Å². The minimum Gasteiger partial charge on any atom is -0.465 e. The van der Waals surface area contributed by atoms with Crippen LogP contribution in [0.5, 0.6) is 0 Å². The number of allylic oxidation sites excluding steroid dienone is 1. The number of carbonyl (C=O) groups excluding carboxylic acids is 1. The largest absolute Gasteiger partial charge is 0.465 e. The van der Waals surface area contributed by atoms with Gasteiger partial charge in [-0.1, -0.05) is 58.0 Å². The lowest BCUT2D eigenvalue weighted by Gasteiger charge is -2.42. The summed E-state index contributed by atoms with van der Waals surface area (Å²) in [4.78, 5) is 11.8. The molecule has 3 rings (SSSR count). The number of hydrogen-bond donors (Lipinski definition) is 0. The first-order chi connectivity index (χ1) is 13.0.